The van der Waals surface area contributed by atoms with E-state index in [0.717, 1.165) is 10.0 Å². The van der Waals surface area contributed by atoms with Gasteiger partial charge in [-0.05, 0) is 34.6 Å². The molecule has 0 aliphatic carbocycles. The van der Waals surface area contributed by atoms with Gasteiger partial charge in [-0.25, -0.2) is 122 Å². The number of aromatic nitrogens is 14. The summed E-state index contributed by atoms with van der Waals surface area (Å²) in [4.78, 5) is 126. The average molecular weight is 1930 g/mol. The predicted octanol–water partition coefficient (Wildman–Crippen LogP) is -1.01. The molecule has 0 bridgehead atoms. The van der Waals surface area contributed by atoms with Crippen LogP contribution >= 0.6 is 27.3 Å². The van der Waals surface area contributed by atoms with Crippen molar-refractivity contribution in [3.63, 3.8) is 0 Å². The summed E-state index contributed by atoms with van der Waals surface area (Å²) in [5.74, 6) is 0.777. The zero-order valence-corrected chi connectivity index (χ0v) is 76.5. The molecule has 13 heterocycles. The molecule has 5 aliphatic rings. The quantitative estimate of drug-likeness (QED) is 0.0174. The number of nitrogen functional groups attached to an aromatic ring is 6. The van der Waals surface area contributed by atoms with Crippen molar-refractivity contribution in [1.82, 2.24) is 95.8 Å². The number of hydrogen-bond acceptors (Lipinski definition) is 42. The smallest absolute Gasteiger partial charge is 0.360 e. The van der Waals surface area contributed by atoms with E-state index in [1.807, 2.05) is 41.8 Å². The minimum Gasteiger partial charge on any atom is -0.476 e. The van der Waals surface area contributed by atoms with Crippen molar-refractivity contribution in [3.05, 3.63) is 89.6 Å². The van der Waals surface area contributed by atoms with Gasteiger partial charge >= 0.3 is 11.9 Å². The van der Waals surface area contributed by atoms with Gasteiger partial charge in [-0.1, -0.05) is 15.9 Å². The SMILES string of the molecule is CCS(=O)(=O)N1CCN(c2cnc(N)c(-c3cn4ccsc4n3)n2)CC1.CCS(=O)(=O)N1CCN(c2cnc(N)c(C(=O)CBr)n2)CC1.CCS(=O)(=O)N1CCN(c2cnc(N)c(C(=O)N(C)OC)n2)CC1.CCS(=O)(=O)N1CCN(c2cnc(N)c(C(=O)O)n2)CC1.CCS(=O)(=O)N1CCN(c2cnc(N)c(C(C)=O)n2)CC1.COC(=O)c1nccnc1N. The molecule has 13 N–H and O–H groups in total. The van der Waals surface area contributed by atoms with E-state index in [4.69, 9.17) is 44.3 Å². The van der Waals surface area contributed by atoms with Crippen LogP contribution in [0.5, 0.6) is 0 Å². The largest absolute Gasteiger partial charge is 0.476 e. The van der Waals surface area contributed by atoms with Crippen LogP contribution in [-0.4, -0.2) is 359 Å². The first kappa shape index (κ1) is 99.6. The number of thiazole rings is 1. The van der Waals surface area contributed by atoms with Gasteiger partial charge in [0.2, 0.25) is 50.1 Å². The molecule has 0 atom stereocenters. The molecule has 684 valence electrons. The third kappa shape index (κ3) is 26.0. The Balaban J connectivity index is 0.000000188. The van der Waals surface area contributed by atoms with E-state index in [1.165, 1.54) is 98.2 Å². The molecule has 49 nitrogen and oxygen atoms in total. The first-order chi connectivity index (χ1) is 59.1. The Bertz CT molecular complexity index is 5550. The third-order valence-electron chi connectivity index (χ3n) is 19.7. The number of carboxylic acid groups (broad SMARTS) is 1. The molecule has 56 heteroatoms. The minimum atomic E-state index is -3.20. The van der Waals surface area contributed by atoms with E-state index in [1.54, 1.807) is 45.7 Å². The maximum absolute atomic E-state index is 12.2. The van der Waals surface area contributed by atoms with Gasteiger partial charge in [-0.3, -0.25) is 23.6 Å². The number of halogens is 1. The molecule has 1 amide bonds. The number of hydrogen-bond donors (Lipinski definition) is 7. The number of hydroxylamine groups is 2. The van der Waals surface area contributed by atoms with E-state index in [9.17, 15) is 66.1 Å². The number of anilines is 11. The number of aromatic carboxylic acids is 1. The maximum Gasteiger partial charge on any atom is 0.360 e. The fourth-order valence-electron chi connectivity index (χ4n) is 12.3. The maximum atomic E-state index is 12.2. The number of fused-ring (bicyclic) bond motifs is 1. The summed E-state index contributed by atoms with van der Waals surface area (Å²) in [7, 11) is -11.8. The van der Waals surface area contributed by atoms with Crippen LogP contribution in [0.15, 0.2) is 61.2 Å². The summed E-state index contributed by atoms with van der Waals surface area (Å²) >= 11 is 4.62. The highest BCUT2D eigenvalue weighted by Crippen LogP contribution is 2.29. The standard InChI is InChI=1S/C15H19N7O2S2.C13H22N6O4S.C12H18BrN5O3S.C12H19N5O3S.C11H17N5O4S.C6H7N3O2/c1-2-26(23,24)22-5-3-20(4-6-22)12-9-17-14(16)13(19-12)11-10-21-7-8-25-15(21)18-11;1-4-24(21,22)19-7-5-18(6-8-19)10-9-15-12(14)11(16-10)13(20)17(2)23-3;1-2-22(20,21)18-5-3-17(4-6-18)10-8-15-12(14)11(16-10)9(19)7-13;1-3-21(19,20)17-6-4-16(5-7-17)10-8-14-12(13)11(15-10)9(2)18;1-2-21(19,20)16-5-3-15(4-6-16)8-7-13-10(12)9(14-8)11(17)18;1-11-6(10)4-5(7)9-3-2-8-4/h7-10H,2-6H2,1H3,(H2,16,17);9H,4-8H2,1-3H3,(H2,14,15);8H,2-7H2,1H3,(H2,14,15);8H,3-7H2,1-2H3,(H2,13,14);7H,2-6H2,1H3,(H2,12,13)(H,17,18);2-3H,1H3,(H2,7,9). The Morgan fingerprint density at radius 3 is 1.07 bits per heavy atom. The second kappa shape index (κ2) is 44.4. The average Bonchev–Trinajstić information content (AvgIpc) is 1.71. The molecule has 125 heavy (non-hydrogen) atoms. The van der Waals surface area contributed by atoms with Crippen LogP contribution in [0.3, 0.4) is 0 Å². The van der Waals surface area contributed by atoms with E-state index < -0.39 is 68.0 Å². The van der Waals surface area contributed by atoms with Crippen molar-refractivity contribution in [2.24, 2.45) is 0 Å². The Kier molecular flexibility index (Phi) is 35.4. The normalized spacial score (nSPS) is 16.0. The highest BCUT2D eigenvalue weighted by atomic mass is 79.9. The summed E-state index contributed by atoms with van der Waals surface area (Å²) in [5, 5.41) is 12.1. The van der Waals surface area contributed by atoms with Crippen molar-refractivity contribution in [3.8, 4) is 11.4 Å². The van der Waals surface area contributed by atoms with Gasteiger partial charge in [0.15, 0.2) is 79.9 Å². The number of amides is 1. The second-order valence-electron chi connectivity index (χ2n) is 27.1. The molecule has 13 rings (SSSR count). The Hall–Kier alpha value is -10.8. The highest BCUT2D eigenvalue weighted by Gasteiger charge is 2.34. The van der Waals surface area contributed by atoms with Crippen molar-refractivity contribution in [1.29, 1.82) is 0 Å². The number of esters is 1. The number of nitrogens with zero attached hydrogens (tertiary/aromatic N) is 25. The molecule has 0 unspecified atom stereocenters. The second-order valence-corrected chi connectivity index (χ2v) is 39.9. The van der Waals surface area contributed by atoms with E-state index in [0.29, 0.717) is 177 Å². The molecular formula is C69H102BrN31O18S6. The summed E-state index contributed by atoms with van der Waals surface area (Å²) in [6, 6.07) is 0. The summed E-state index contributed by atoms with van der Waals surface area (Å²) in [6.45, 7) is 18.3. The number of ether oxygens (including phenoxy) is 1. The lowest BCUT2D eigenvalue weighted by Gasteiger charge is -2.34. The Morgan fingerprint density at radius 1 is 0.432 bits per heavy atom. The molecule has 0 saturated carbocycles. The van der Waals surface area contributed by atoms with Crippen LogP contribution in [0.2, 0.25) is 0 Å². The van der Waals surface area contributed by atoms with Crippen LogP contribution < -0.4 is 58.9 Å². The number of piperazine rings is 5. The van der Waals surface area contributed by atoms with Crippen LogP contribution in [0, 0.1) is 0 Å². The van der Waals surface area contributed by atoms with Gasteiger partial charge < -0.3 is 68.7 Å². The van der Waals surface area contributed by atoms with Crippen molar-refractivity contribution >= 4 is 176 Å². The first-order valence-electron chi connectivity index (χ1n) is 38.6. The van der Waals surface area contributed by atoms with Crippen LogP contribution in [0.1, 0.15) is 94.0 Å². The topological polar surface area (TPSA) is 658 Å². The number of carbonyl (C=O) groups is 5. The molecular weight excluding hydrogens is 1820 g/mol. The lowest BCUT2D eigenvalue weighted by Crippen LogP contribution is -2.49. The van der Waals surface area contributed by atoms with Crippen molar-refractivity contribution in [2.75, 3.05) is 245 Å². The number of carbonyl (C=O) groups excluding carboxylic acids is 4. The number of nitrogens with two attached hydrogens (primary N) is 6. The molecule has 0 spiro atoms. The van der Waals surface area contributed by atoms with Gasteiger partial charge in [0.05, 0.1) is 79.3 Å². The van der Waals surface area contributed by atoms with E-state index in [-0.39, 0.29) is 103 Å². The monoisotopic (exact) mass is 1920 g/mol. The summed E-state index contributed by atoms with van der Waals surface area (Å²) in [6.07, 6.45) is 14.1. The molecule has 5 fully saturated rings. The number of imidazole rings is 1. The van der Waals surface area contributed by atoms with Gasteiger partial charge in [0, 0.05) is 175 Å². The molecule has 0 aromatic carbocycles. The zero-order chi connectivity index (χ0) is 92.1. The molecule has 5 saturated heterocycles. The zero-order valence-electron chi connectivity index (χ0n) is 70.0. The molecule has 0 radical (unpaired) electrons. The molecule has 5 aliphatic heterocycles. The number of ketones is 2. The fourth-order valence-corrected chi connectivity index (χ4v) is 18.7. The fraction of sp³-hybridized carbons (Fsp3) is 0.507. The number of sulfonamides is 5. The minimum absolute atomic E-state index is 0.000425. The predicted molar refractivity (Wildman–Crippen MR) is 472 cm³/mol. The van der Waals surface area contributed by atoms with Gasteiger partial charge in [0.25, 0.3) is 5.91 Å². The third-order valence-corrected chi connectivity index (χ3v) is 30.4. The Morgan fingerprint density at radius 2 is 0.744 bits per heavy atom. The summed E-state index contributed by atoms with van der Waals surface area (Å²) < 4.78 is 132. The van der Waals surface area contributed by atoms with Gasteiger partial charge in [-0.15, -0.1) is 11.3 Å². The van der Waals surface area contributed by atoms with Crippen molar-refractivity contribution < 1.29 is 80.7 Å². The van der Waals surface area contributed by atoms with E-state index in [2.05, 4.69) is 85.5 Å². The lowest BCUT2D eigenvalue weighted by atomic mass is 10.3. The van der Waals surface area contributed by atoms with Gasteiger partial charge in [-0.2, -0.15) is 21.5 Å². The first-order valence-corrected chi connectivity index (χ1v) is 48.7. The Labute approximate surface area is 735 Å². The number of Topliss-reactive ketones (excluding diaryl/α,β-unsaturated/α-hetero) is 2. The number of rotatable bonds is 23. The van der Waals surface area contributed by atoms with Crippen LogP contribution in [-0.2, 0) is 59.7 Å². The molecule has 8 aromatic rings. The van der Waals surface area contributed by atoms with Crippen molar-refractivity contribution in [2.45, 2.75) is 41.5 Å². The number of alkyl halides is 1. The molecule has 8 aromatic heterocycles. The van der Waals surface area contributed by atoms with Crippen LogP contribution in [0.4, 0.5) is 64.0 Å². The highest BCUT2D eigenvalue weighted by molar-refractivity contribution is 9.09. The lowest BCUT2D eigenvalue weighted by molar-refractivity contribution is -0.0760. The summed E-state index contributed by atoms with van der Waals surface area (Å²) in [5.41, 5.74) is 35.1. The number of methoxy groups -OCH3 is 1. The van der Waals surface area contributed by atoms with E-state index >= 15 is 0 Å². The number of carboxylic acids is 1. The van der Waals surface area contributed by atoms with Crippen LogP contribution in [0.25, 0.3) is 16.3 Å². The van der Waals surface area contributed by atoms with Gasteiger partial charge in [0.1, 0.15) is 40.5 Å².